The van der Waals surface area contributed by atoms with Gasteiger partial charge in [-0.05, 0) is 37.8 Å². The van der Waals surface area contributed by atoms with Gasteiger partial charge in [0.25, 0.3) is 0 Å². The van der Waals surface area contributed by atoms with Gasteiger partial charge in [-0.1, -0.05) is 25.8 Å². The van der Waals surface area contributed by atoms with Crippen molar-refractivity contribution >= 4 is 35.6 Å². The van der Waals surface area contributed by atoms with Gasteiger partial charge in [-0.25, -0.2) is 0 Å². The summed E-state index contributed by atoms with van der Waals surface area (Å²) in [5.41, 5.74) is 1.25. The highest BCUT2D eigenvalue weighted by molar-refractivity contribution is 14.0. The fraction of sp³-hybridized carbons (Fsp3) is 0.650. The number of halogens is 1. The third kappa shape index (κ3) is 7.60. The molecule has 1 heterocycles. The van der Waals surface area contributed by atoms with Crippen LogP contribution < -0.4 is 20.3 Å². The molecule has 1 unspecified atom stereocenters. The van der Waals surface area contributed by atoms with Crippen LogP contribution >= 0.6 is 24.0 Å². The standard InChI is InChI=1S/C20H34N4O.HI/c1-4-6-7-12-22-20(21-5-2)23-15-17-11-13-24(16-17)18-9-8-10-19(14-18)25-3;/h8-10,14,17H,4-7,11-13,15-16H2,1-3H3,(H2,21,22,23);1H. The molecule has 1 aliphatic rings. The Labute approximate surface area is 176 Å². The van der Waals surface area contributed by atoms with Crippen LogP contribution in [0.2, 0.25) is 0 Å². The van der Waals surface area contributed by atoms with Gasteiger partial charge in [-0.3, -0.25) is 4.99 Å². The first kappa shape index (κ1) is 22.9. The third-order valence-electron chi connectivity index (χ3n) is 4.63. The Morgan fingerprint density at radius 1 is 1.27 bits per heavy atom. The number of anilines is 1. The van der Waals surface area contributed by atoms with Gasteiger partial charge in [0.2, 0.25) is 0 Å². The van der Waals surface area contributed by atoms with Crippen LogP contribution in [0.1, 0.15) is 39.5 Å². The molecule has 1 atom stereocenters. The first-order valence-corrected chi connectivity index (χ1v) is 9.68. The first-order valence-electron chi connectivity index (χ1n) is 9.68. The average Bonchev–Trinajstić information content (AvgIpc) is 3.12. The van der Waals surface area contributed by atoms with Gasteiger partial charge in [0.05, 0.1) is 7.11 Å². The van der Waals surface area contributed by atoms with Gasteiger partial charge in [-0.15, -0.1) is 24.0 Å². The molecule has 1 aromatic rings. The predicted octanol–water partition coefficient (Wildman–Crippen LogP) is 3.88. The number of nitrogens with one attached hydrogen (secondary N) is 2. The number of guanidine groups is 1. The second-order valence-electron chi connectivity index (χ2n) is 6.66. The summed E-state index contributed by atoms with van der Waals surface area (Å²) in [6, 6.07) is 8.33. The van der Waals surface area contributed by atoms with E-state index in [9.17, 15) is 0 Å². The molecule has 0 bridgehead atoms. The van der Waals surface area contributed by atoms with Crippen LogP contribution in [0.25, 0.3) is 0 Å². The number of ether oxygens (including phenoxy) is 1. The molecule has 148 valence electrons. The largest absolute Gasteiger partial charge is 0.497 e. The van der Waals surface area contributed by atoms with Gasteiger partial charge in [-0.2, -0.15) is 0 Å². The monoisotopic (exact) mass is 474 g/mol. The van der Waals surface area contributed by atoms with Gasteiger partial charge in [0.1, 0.15) is 5.75 Å². The molecule has 1 saturated heterocycles. The third-order valence-corrected chi connectivity index (χ3v) is 4.63. The lowest BCUT2D eigenvalue weighted by molar-refractivity contribution is 0.415. The van der Waals surface area contributed by atoms with Crippen molar-refractivity contribution in [2.45, 2.75) is 39.5 Å². The molecule has 1 aromatic carbocycles. The van der Waals surface area contributed by atoms with E-state index in [1.165, 1.54) is 31.4 Å². The minimum absolute atomic E-state index is 0. The fourth-order valence-electron chi connectivity index (χ4n) is 3.17. The number of benzene rings is 1. The van der Waals surface area contributed by atoms with E-state index in [-0.39, 0.29) is 24.0 Å². The zero-order valence-corrected chi connectivity index (χ0v) is 18.8. The lowest BCUT2D eigenvalue weighted by atomic mass is 10.1. The van der Waals surface area contributed by atoms with Crippen molar-refractivity contribution in [2.24, 2.45) is 10.9 Å². The lowest BCUT2D eigenvalue weighted by Gasteiger charge is -2.19. The molecule has 0 aromatic heterocycles. The van der Waals surface area contributed by atoms with Crippen LogP contribution in [-0.2, 0) is 0 Å². The Hall–Kier alpha value is -1.18. The highest BCUT2D eigenvalue weighted by atomic mass is 127. The van der Waals surface area contributed by atoms with Crippen molar-refractivity contribution in [3.8, 4) is 5.75 Å². The van der Waals surface area contributed by atoms with E-state index in [2.05, 4.69) is 47.6 Å². The van der Waals surface area contributed by atoms with Crippen LogP contribution in [0.4, 0.5) is 5.69 Å². The van der Waals surface area contributed by atoms with Gasteiger partial charge in [0.15, 0.2) is 5.96 Å². The number of nitrogens with zero attached hydrogens (tertiary/aromatic N) is 2. The summed E-state index contributed by atoms with van der Waals surface area (Å²) in [5.74, 6) is 2.49. The van der Waals surface area contributed by atoms with E-state index in [0.717, 1.165) is 44.4 Å². The Bertz CT molecular complexity index is 538. The Balaban J connectivity index is 0.00000338. The number of hydrogen-bond donors (Lipinski definition) is 2. The smallest absolute Gasteiger partial charge is 0.191 e. The maximum Gasteiger partial charge on any atom is 0.191 e. The SMILES string of the molecule is CCCCCNC(=NCC1CCN(c2cccc(OC)c2)C1)NCC.I. The summed E-state index contributed by atoms with van der Waals surface area (Å²) in [6.45, 7) is 9.28. The number of methoxy groups -OCH3 is 1. The minimum atomic E-state index is 0. The quantitative estimate of drug-likeness (QED) is 0.247. The van der Waals surface area contributed by atoms with Crippen LogP contribution in [0.3, 0.4) is 0 Å². The fourth-order valence-corrected chi connectivity index (χ4v) is 3.17. The molecule has 0 aliphatic carbocycles. The molecule has 2 N–H and O–H groups in total. The molecule has 26 heavy (non-hydrogen) atoms. The summed E-state index contributed by atoms with van der Waals surface area (Å²) in [4.78, 5) is 7.23. The van der Waals surface area contributed by atoms with Crippen molar-refractivity contribution in [2.75, 3.05) is 44.7 Å². The number of unbranched alkanes of at least 4 members (excludes halogenated alkanes) is 2. The zero-order chi connectivity index (χ0) is 17.9. The summed E-state index contributed by atoms with van der Waals surface area (Å²) < 4.78 is 5.34. The van der Waals surface area contributed by atoms with Gasteiger partial charge in [0, 0.05) is 44.5 Å². The van der Waals surface area contributed by atoms with Crippen LogP contribution in [0, 0.1) is 5.92 Å². The Morgan fingerprint density at radius 2 is 2.12 bits per heavy atom. The van der Waals surface area contributed by atoms with Crippen LogP contribution in [0.15, 0.2) is 29.3 Å². The van der Waals surface area contributed by atoms with E-state index in [1.807, 2.05) is 6.07 Å². The lowest BCUT2D eigenvalue weighted by Crippen LogP contribution is -2.38. The summed E-state index contributed by atoms with van der Waals surface area (Å²) in [5, 5.41) is 6.80. The van der Waals surface area contributed by atoms with Gasteiger partial charge >= 0.3 is 0 Å². The number of aliphatic imine (C=N–C) groups is 1. The Morgan fingerprint density at radius 3 is 2.85 bits per heavy atom. The van der Waals surface area contributed by atoms with Crippen molar-refractivity contribution in [3.05, 3.63) is 24.3 Å². The molecule has 1 fully saturated rings. The maximum absolute atomic E-state index is 5.34. The zero-order valence-electron chi connectivity index (χ0n) is 16.5. The van der Waals surface area contributed by atoms with E-state index in [4.69, 9.17) is 9.73 Å². The van der Waals surface area contributed by atoms with E-state index < -0.39 is 0 Å². The molecular formula is C20H35IN4O. The van der Waals surface area contributed by atoms with E-state index in [1.54, 1.807) is 7.11 Å². The second kappa shape index (κ2) is 13.1. The number of rotatable bonds is 9. The molecule has 0 spiro atoms. The summed E-state index contributed by atoms with van der Waals surface area (Å²) in [6.07, 6.45) is 4.91. The predicted molar refractivity (Wildman–Crippen MR) is 122 cm³/mol. The number of hydrogen-bond acceptors (Lipinski definition) is 3. The summed E-state index contributed by atoms with van der Waals surface area (Å²) in [7, 11) is 1.72. The molecule has 0 radical (unpaired) electrons. The highest BCUT2D eigenvalue weighted by Gasteiger charge is 2.22. The summed E-state index contributed by atoms with van der Waals surface area (Å²) >= 11 is 0. The highest BCUT2D eigenvalue weighted by Crippen LogP contribution is 2.26. The normalized spacial score (nSPS) is 17.0. The molecule has 5 nitrogen and oxygen atoms in total. The molecule has 2 rings (SSSR count). The van der Waals surface area contributed by atoms with Gasteiger partial charge < -0.3 is 20.3 Å². The van der Waals surface area contributed by atoms with Crippen LogP contribution in [0.5, 0.6) is 5.75 Å². The topological polar surface area (TPSA) is 48.9 Å². The molecule has 6 heteroatoms. The van der Waals surface area contributed by atoms with E-state index >= 15 is 0 Å². The molecule has 0 saturated carbocycles. The van der Waals surface area contributed by atoms with Crippen LogP contribution in [-0.4, -0.2) is 45.8 Å². The Kier molecular flexibility index (Phi) is 11.5. The average molecular weight is 474 g/mol. The molecule has 1 aliphatic heterocycles. The maximum atomic E-state index is 5.34. The molecule has 0 amide bonds. The second-order valence-corrected chi connectivity index (χ2v) is 6.66. The van der Waals surface area contributed by atoms with Crippen molar-refractivity contribution in [1.82, 2.24) is 10.6 Å². The van der Waals surface area contributed by atoms with Crippen molar-refractivity contribution in [3.63, 3.8) is 0 Å². The first-order chi connectivity index (χ1) is 12.3. The molecular weight excluding hydrogens is 439 g/mol. The van der Waals surface area contributed by atoms with Crippen molar-refractivity contribution < 1.29 is 4.74 Å². The van der Waals surface area contributed by atoms with E-state index in [0.29, 0.717) is 5.92 Å². The van der Waals surface area contributed by atoms with Crippen molar-refractivity contribution in [1.29, 1.82) is 0 Å². The minimum Gasteiger partial charge on any atom is -0.497 e.